The second-order valence-corrected chi connectivity index (χ2v) is 9.39. The molecule has 4 heteroatoms. The number of carboxylic acid groups (broad SMARTS) is 2. The van der Waals surface area contributed by atoms with Gasteiger partial charge in [-0.1, -0.05) is 110 Å². The second-order valence-electron chi connectivity index (χ2n) is 9.39. The zero-order valence-electron chi connectivity index (χ0n) is 21.6. The monoisotopic (exact) mass is 512 g/mol. The van der Waals surface area contributed by atoms with Crippen molar-refractivity contribution in [2.45, 2.75) is 19.8 Å². The van der Waals surface area contributed by atoms with Crippen molar-refractivity contribution in [1.29, 1.82) is 0 Å². The maximum Gasteiger partial charge on any atom is 0.336 e. The van der Waals surface area contributed by atoms with Crippen molar-refractivity contribution in [2.75, 3.05) is 0 Å². The van der Waals surface area contributed by atoms with Gasteiger partial charge in [0, 0.05) is 0 Å². The van der Waals surface area contributed by atoms with E-state index in [0.29, 0.717) is 17.5 Å². The number of aryl methyl sites for hydroxylation is 1. The predicted octanol–water partition coefficient (Wildman–Crippen LogP) is 8.70. The number of hydrogen-bond acceptors (Lipinski definition) is 2. The number of rotatable bonds is 8. The summed E-state index contributed by atoms with van der Waals surface area (Å²) in [6.07, 6.45) is 1.53. The van der Waals surface area contributed by atoms with E-state index in [1.54, 1.807) is 24.3 Å². The molecule has 192 valence electrons. The molecule has 0 radical (unpaired) electrons. The predicted molar refractivity (Wildman–Crippen MR) is 156 cm³/mol. The Labute approximate surface area is 227 Å². The van der Waals surface area contributed by atoms with Crippen LogP contribution < -0.4 is 0 Å². The smallest absolute Gasteiger partial charge is 0.336 e. The van der Waals surface area contributed by atoms with Crippen LogP contribution in [0.5, 0.6) is 0 Å². The van der Waals surface area contributed by atoms with Gasteiger partial charge in [-0.3, -0.25) is 0 Å². The Morgan fingerprint density at radius 1 is 0.538 bits per heavy atom. The van der Waals surface area contributed by atoms with Crippen LogP contribution in [0.4, 0.5) is 0 Å². The van der Waals surface area contributed by atoms with Crippen LogP contribution in [-0.4, -0.2) is 22.2 Å². The Hall–Kier alpha value is -4.96. The molecule has 0 spiro atoms. The van der Waals surface area contributed by atoms with E-state index in [4.69, 9.17) is 0 Å². The van der Waals surface area contributed by atoms with Crippen LogP contribution in [0.1, 0.15) is 39.6 Å². The number of benzene rings is 5. The first-order chi connectivity index (χ1) is 19.0. The fourth-order valence-electron chi connectivity index (χ4n) is 5.31. The first-order valence-electron chi connectivity index (χ1n) is 13.0. The lowest BCUT2D eigenvalue weighted by atomic mass is 9.78. The molecule has 0 saturated heterocycles. The summed E-state index contributed by atoms with van der Waals surface area (Å²) in [7, 11) is 0. The summed E-state index contributed by atoms with van der Waals surface area (Å²) >= 11 is 0. The Bertz CT molecular complexity index is 1650. The van der Waals surface area contributed by atoms with Crippen molar-refractivity contribution in [3.8, 4) is 44.5 Å². The number of carboxylic acids is 2. The van der Waals surface area contributed by atoms with Gasteiger partial charge in [0.25, 0.3) is 0 Å². The SMILES string of the molecule is CCCc1cc(-c2ccccc2)c(-c2ccccc2)c(-c2ccccc2C(=O)O)c1-c1ccccc1C(=O)O. The fraction of sp³-hybridized carbons (Fsp3) is 0.0857. The van der Waals surface area contributed by atoms with Crippen LogP contribution >= 0.6 is 0 Å². The average Bonchev–Trinajstić information content (AvgIpc) is 2.97. The van der Waals surface area contributed by atoms with Gasteiger partial charge in [0.05, 0.1) is 11.1 Å². The van der Waals surface area contributed by atoms with Crippen molar-refractivity contribution < 1.29 is 19.8 Å². The standard InChI is InChI=1S/C35H28O4/c1-2-13-25-22-30(23-14-5-3-6-15-23)31(24-16-7-4-8-17-24)33(27-19-10-12-21-29(27)35(38)39)32(25)26-18-9-11-20-28(26)34(36)37/h3-12,14-22H,2,13H2,1H3,(H,36,37)(H,38,39). The highest BCUT2D eigenvalue weighted by Gasteiger charge is 2.27. The van der Waals surface area contributed by atoms with E-state index in [1.807, 2.05) is 72.8 Å². The van der Waals surface area contributed by atoms with Crippen LogP contribution in [0.3, 0.4) is 0 Å². The molecule has 0 saturated carbocycles. The summed E-state index contributed by atoms with van der Waals surface area (Å²) in [5.41, 5.74) is 7.66. The third kappa shape index (κ3) is 4.97. The Morgan fingerprint density at radius 2 is 1.00 bits per heavy atom. The maximum absolute atomic E-state index is 12.5. The van der Waals surface area contributed by atoms with Crippen molar-refractivity contribution in [2.24, 2.45) is 0 Å². The van der Waals surface area contributed by atoms with Crippen LogP contribution in [0, 0.1) is 0 Å². The molecule has 0 unspecified atom stereocenters. The number of hydrogen-bond donors (Lipinski definition) is 2. The van der Waals surface area contributed by atoms with Gasteiger partial charge in [-0.2, -0.15) is 0 Å². The van der Waals surface area contributed by atoms with Gasteiger partial charge in [-0.25, -0.2) is 9.59 Å². The molecule has 5 aromatic rings. The molecule has 2 N–H and O–H groups in total. The van der Waals surface area contributed by atoms with Crippen molar-refractivity contribution in [3.63, 3.8) is 0 Å². The number of carbonyl (C=O) groups is 2. The third-order valence-electron chi connectivity index (χ3n) is 6.93. The summed E-state index contributed by atoms with van der Waals surface area (Å²) < 4.78 is 0. The molecular weight excluding hydrogens is 484 g/mol. The van der Waals surface area contributed by atoms with E-state index in [9.17, 15) is 19.8 Å². The van der Waals surface area contributed by atoms with Gasteiger partial charge in [0.1, 0.15) is 0 Å². The highest BCUT2D eigenvalue weighted by molar-refractivity contribution is 6.09. The molecule has 0 atom stereocenters. The zero-order valence-corrected chi connectivity index (χ0v) is 21.6. The third-order valence-corrected chi connectivity index (χ3v) is 6.93. The van der Waals surface area contributed by atoms with Gasteiger partial charge in [-0.05, 0) is 74.7 Å². The normalized spacial score (nSPS) is 10.8. The first-order valence-corrected chi connectivity index (χ1v) is 13.0. The molecule has 5 aromatic carbocycles. The molecule has 0 aliphatic heterocycles. The van der Waals surface area contributed by atoms with Gasteiger partial charge < -0.3 is 10.2 Å². The summed E-state index contributed by atoms with van der Waals surface area (Å²) in [4.78, 5) is 25.0. The van der Waals surface area contributed by atoms with Gasteiger partial charge in [-0.15, -0.1) is 0 Å². The van der Waals surface area contributed by atoms with Gasteiger partial charge >= 0.3 is 11.9 Å². The summed E-state index contributed by atoms with van der Waals surface area (Å²) in [6, 6.07) is 36.0. The average molecular weight is 513 g/mol. The van der Waals surface area contributed by atoms with Crippen LogP contribution in [0.25, 0.3) is 44.5 Å². The quantitative estimate of drug-likeness (QED) is 0.218. The highest BCUT2D eigenvalue weighted by Crippen LogP contribution is 2.49. The zero-order chi connectivity index (χ0) is 27.4. The maximum atomic E-state index is 12.5. The van der Waals surface area contributed by atoms with E-state index < -0.39 is 11.9 Å². The van der Waals surface area contributed by atoms with Crippen LogP contribution in [-0.2, 0) is 6.42 Å². The molecular formula is C35H28O4. The van der Waals surface area contributed by atoms with E-state index in [1.165, 1.54) is 0 Å². The molecule has 0 heterocycles. The van der Waals surface area contributed by atoms with E-state index in [0.717, 1.165) is 45.4 Å². The lowest BCUT2D eigenvalue weighted by molar-refractivity contribution is 0.0686. The van der Waals surface area contributed by atoms with E-state index in [2.05, 4.69) is 25.1 Å². The Balaban J connectivity index is 2.07. The topological polar surface area (TPSA) is 74.6 Å². The Morgan fingerprint density at radius 3 is 1.51 bits per heavy atom. The molecule has 0 aromatic heterocycles. The summed E-state index contributed by atoms with van der Waals surface area (Å²) in [5.74, 6) is -2.07. The second kappa shape index (κ2) is 11.2. The minimum atomic E-state index is -1.04. The van der Waals surface area contributed by atoms with E-state index in [-0.39, 0.29) is 11.1 Å². The van der Waals surface area contributed by atoms with Crippen molar-refractivity contribution >= 4 is 11.9 Å². The molecule has 0 aliphatic rings. The molecule has 39 heavy (non-hydrogen) atoms. The lowest BCUT2D eigenvalue weighted by Gasteiger charge is -2.25. The Kier molecular flexibility index (Phi) is 7.37. The minimum absolute atomic E-state index is 0.163. The van der Waals surface area contributed by atoms with Crippen LogP contribution in [0.15, 0.2) is 115 Å². The van der Waals surface area contributed by atoms with Gasteiger partial charge in [0.15, 0.2) is 0 Å². The first kappa shape index (κ1) is 25.7. The van der Waals surface area contributed by atoms with Crippen LogP contribution in [0.2, 0.25) is 0 Å². The van der Waals surface area contributed by atoms with Crippen molar-refractivity contribution in [3.05, 3.63) is 132 Å². The van der Waals surface area contributed by atoms with Gasteiger partial charge in [0.2, 0.25) is 0 Å². The number of aromatic carboxylic acids is 2. The van der Waals surface area contributed by atoms with Crippen molar-refractivity contribution in [1.82, 2.24) is 0 Å². The molecule has 5 rings (SSSR count). The molecule has 0 fully saturated rings. The largest absolute Gasteiger partial charge is 0.478 e. The molecule has 4 nitrogen and oxygen atoms in total. The fourth-order valence-corrected chi connectivity index (χ4v) is 5.31. The molecule has 0 bridgehead atoms. The minimum Gasteiger partial charge on any atom is -0.478 e. The summed E-state index contributed by atoms with van der Waals surface area (Å²) in [6.45, 7) is 2.09. The lowest BCUT2D eigenvalue weighted by Crippen LogP contribution is -2.07. The molecule has 0 aliphatic carbocycles. The molecule has 0 amide bonds. The summed E-state index contributed by atoms with van der Waals surface area (Å²) in [5, 5.41) is 20.4. The highest BCUT2D eigenvalue weighted by atomic mass is 16.4. The van der Waals surface area contributed by atoms with E-state index >= 15 is 0 Å².